The van der Waals surface area contributed by atoms with Crippen LogP contribution in [0.2, 0.25) is 0 Å². The summed E-state index contributed by atoms with van der Waals surface area (Å²) in [4.78, 5) is 12.5. The average Bonchev–Trinajstić information content (AvgIpc) is 3.05. The number of hydrogen-bond acceptors (Lipinski definition) is 4. The van der Waals surface area contributed by atoms with Crippen LogP contribution in [-0.2, 0) is 21.2 Å². The number of benzene rings is 1. The Morgan fingerprint density at radius 3 is 2.75 bits per heavy atom. The number of amides is 1. The van der Waals surface area contributed by atoms with Gasteiger partial charge in [-0.25, -0.2) is 8.42 Å². The highest BCUT2D eigenvalue weighted by molar-refractivity contribution is 7.89. The summed E-state index contributed by atoms with van der Waals surface area (Å²) in [5, 5.41) is 2.91. The molecule has 2 atom stereocenters. The molecule has 0 radical (unpaired) electrons. The molecule has 0 saturated carbocycles. The van der Waals surface area contributed by atoms with E-state index in [0.29, 0.717) is 0 Å². The Morgan fingerprint density at radius 1 is 1.25 bits per heavy atom. The highest BCUT2D eigenvalue weighted by Gasteiger charge is 2.27. The van der Waals surface area contributed by atoms with Gasteiger partial charge in [-0.1, -0.05) is 18.2 Å². The minimum absolute atomic E-state index is 0.135. The summed E-state index contributed by atoms with van der Waals surface area (Å²) in [6.45, 7) is 1.54. The molecule has 1 aromatic heterocycles. The summed E-state index contributed by atoms with van der Waals surface area (Å²) in [6, 6.07) is 8.86. The maximum atomic E-state index is 12.4. The lowest BCUT2D eigenvalue weighted by Crippen LogP contribution is -2.46. The van der Waals surface area contributed by atoms with Crippen molar-refractivity contribution >= 4 is 15.9 Å². The molecule has 7 heteroatoms. The lowest BCUT2D eigenvalue weighted by molar-refractivity contribution is -0.123. The number of hydrogen-bond donors (Lipinski definition) is 2. The Balaban J connectivity index is 1.66. The van der Waals surface area contributed by atoms with Gasteiger partial charge >= 0.3 is 0 Å². The number of nitrogens with one attached hydrogen (secondary N) is 2. The van der Waals surface area contributed by atoms with Crippen LogP contribution in [0.4, 0.5) is 0 Å². The fourth-order valence-corrected chi connectivity index (χ4v) is 4.11. The van der Waals surface area contributed by atoms with Gasteiger partial charge in [0.15, 0.2) is 0 Å². The van der Waals surface area contributed by atoms with E-state index in [2.05, 4.69) is 10.0 Å². The van der Waals surface area contributed by atoms with Crippen LogP contribution in [0.5, 0.6) is 0 Å². The van der Waals surface area contributed by atoms with Crippen molar-refractivity contribution in [1.82, 2.24) is 10.0 Å². The largest absolute Gasteiger partial charge is 0.469 e. The van der Waals surface area contributed by atoms with E-state index in [0.717, 1.165) is 30.6 Å². The highest BCUT2D eigenvalue weighted by Crippen LogP contribution is 2.30. The topological polar surface area (TPSA) is 88.4 Å². The number of sulfonamides is 1. The number of furan rings is 1. The summed E-state index contributed by atoms with van der Waals surface area (Å²) in [7, 11) is -3.72. The maximum absolute atomic E-state index is 12.4. The van der Waals surface area contributed by atoms with E-state index >= 15 is 0 Å². The average molecular weight is 348 g/mol. The van der Waals surface area contributed by atoms with Crippen LogP contribution < -0.4 is 10.0 Å². The van der Waals surface area contributed by atoms with Crippen LogP contribution in [0.25, 0.3) is 0 Å². The van der Waals surface area contributed by atoms with E-state index in [1.165, 1.54) is 19.1 Å². The van der Waals surface area contributed by atoms with Gasteiger partial charge in [0, 0.05) is 12.0 Å². The Hall–Kier alpha value is -2.12. The number of aryl methyl sites for hydroxylation is 1. The van der Waals surface area contributed by atoms with Crippen molar-refractivity contribution in [3.05, 3.63) is 54.0 Å². The van der Waals surface area contributed by atoms with Crippen LogP contribution in [0.1, 0.15) is 37.1 Å². The van der Waals surface area contributed by atoms with Crippen molar-refractivity contribution in [3.63, 3.8) is 0 Å². The van der Waals surface area contributed by atoms with Gasteiger partial charge in [0.2, 0.25) is 15.9 Å². The SMILES string of the molecule is C[C@H](NS(=O)(=O)c1ccccc1)C(=O)N[C@H]1CCCc2occc21. The van der Waals surface area contributed by atoms with E-state index in [-0.39, 0.29) is 16.8 Å². The van der Waals surface area contributed by atoms with E-state index in [1.807, 2.05) is 6.07 Å². The second kappa shape index (κ2) is 6.78. The molecule has 1 amide bonds. The molecule has 2 aromatic rings. The summed E-state index contributed by atoms with van der Waals surface area (Å²) in [6.07, 6.45) is 4.23. The van der Waals surface area contributed by atoms with Crippen molar-refractivity contribution in [2.75, 3.05) is 0 Å². The number of rotatable bonds is 5. The predicted octanol–water partition coefficient (Wildman–Crippen LogP) is 2.14. The smallest absolute Gasteiger partial charge is 0.241 e. The van der Waals surface area contributed by atoms with Gasteiger partial charge in [0.1, 0.15) is 5.76 Å². The predicted molar refractivity (Wildman–Crippen MR) is 88.8 cm³/mol. The minimum Gasteiger partial charge on any atom is -0.469 e. The summed E-state index contributed by atoms with van der Waals surface area (Å²) in [5.41, 5.74) is 0.979. The zero-order valence-electron chi connectivity index (χ0n) is 13.4. The molecule has 2 N–H and O–H groups in total. The van der Waals surface area contributed by atoms with Gasteiger partial charge in [-0.3, -0.25) is 4.79 Å². The first kappa shape index (κ1) is 16.7. The first-order valence-corrected chi connectivity index (χ1v) is 9.40. The lowest BCUT2D eigenvalue weighted by Gasteiger charge is -2.24. The highest BCUT2D eigenvalue weighted by atomic mass is 32.2. The van der Waals surface area contributed by atoms with E-state index in [4.69, 9.17) is 4.42 Å². The molecule has 1 aliphatic rings. The van der Waals surface area contributed by atoms with Crippen LogP contribution in [0.15, 0.2) is 52.0 Å². The molecule has 0 saturated heterocycles. The van der Waals surface area contributed by atoms with Crippen molar-refractivity contribution in [3.8, 4) is 0 Å². The van der Waals surface area contributed by atoms with Crippen molar-refractivity contribution in [2.24, 2.45) is 0 Å². The Morgan fingerprint density at radius 2 is 2.00 bits per heavy atom. The van der Waals surface area contributed by atoms with Crippen molar-refractivity contribution in [2.45, 2.75) is 43.2 Å². The standard InChI is InChI=1S/C17H20N2O4S/c1-12(19-24(21,22)13-6-3-2-4-7-13)17(20)18-15-8-5-9-16-14(15)10-11-23-16/h2-4,6-7,10-12,15,19H,5,8-9H2,1H3,(H,18,20)/t12-,15-/m0/s1. The first-order valence-electron chi connectivity index (χ1n) is 7.91. The molecule has 0 fully saturated rings. The van der Waals surface area contributed by atoms with Crippen LogP contribution in [-0.4, -0.2) is 20.4 Å². The maximum Gasteiger partial charge on any atom is 0.241 e. The van der Waals surface area contributed by atoms with Gasteiger partial charge in [-0.15, -0.1) is 0 Å². The van der Waals surface area contributed by atoms with Gasteiger partial charge in [0.25, 0.3) is 0 Å². The van der Waals surface area contributed by atoms with Crippen LogP contribution >= 0.6 is 0 Å². The van der Waals surface area contributed by atoms with Crippen LogP contribution in [0.3, 0.4) is 0 Å². The Bertz CT molecular complexity index is 814. The van der Waals surface area contributed by atoms with Gasteiger partial charge < -0.3 is 9.73 Å². The third kappa shape index (κ3) is 3.52. The quantitative estimate of drug-likeness (QED) is 0.866. The summed E-state index contributed by atoms with van der Waals surface area (Å²) < 4.78 is 32.4. The van der Waals surface area contributed by atoms with E-state index in [1.54, 1.807) is 24.5 Å². The fraction of sp³-hybridized carbons (Fsp3) is 0.353. The first-order chi connectivity index (χ1) is 11.5. The normalized spacial score (nSPS) is 18.6. The van der Waals surface area contributed by atoms with Gasteiger partial charge in [-0.2, -0.15) is 4.72 Å². The zero-order chi connectivity index (χ0) is 17.2. The lowest BCUT2D eigenvalue weighted by atomic mass is 9.93. The second-order valence-corrected chi connectivity index (χ2v) is 7.62. The zero-order valence-corrected chi connectivity index (χ0v) is 14.2. The van der Waals surface area contributed by atoms with Gasteiger partial charge in [-0.05, 0) is 38.0 Å². The molecular formula is C17H20N2O4S. The Labute approximate surface area is 141 Å². The van der Waals surface area contributed by atoms with Crippen molar-refractivity contribution in [1.29, 1.82) is 0 Å². The molecule has 3 rings (SSSR count). The summed E-state index contributed by atoms with van der Waals surface area (Å²) >= 11 is 0. The van der Waals surface area contributed by atoms with E-state index in [9.17, 15) is 13.2 Å². The number of fused-ring (bicyclic) bond motifs is 1. The molecule has 0 spiro atoms. The number of carbonyl (C=O) groups is 1. The minimum atomic E-state index is -3.72. The molecule has 0 bridgehead atoms. The molecule has 0 aliphatic heterocycles. The Kier molecular flexibility index (Phi) is 4.73. The molecule has 128 valence electrons. The van der Waals surface area contributed by atoms with Crippen LogP contribution in [0, 0.1) is 0 Å². The third-order valence-corrected chi connectivity index (χ3v) is 5.70. The molecular weight excluding hydrogens is 328 g/mol. The van der Waals surface area contributed by atoms with E-state index < -0.39 is 16.1 Å². The monoisotopic (exact) mass is 348 g/mol. The van der Waals surface area contributed by atoms with Gasteiger partial charge in [0.05, 0.1) is 23.2 Å². The molecule has 1 aromatic carbocycles. The summed E-state index contributed by atoms with van der Waals surface area (Å²) in [5.74, 6) is 0.539. The third-order valence-electron chi connectivity index (χ3n) is 4.15. The second-order valence-electron chi connectivity index (χ2n) is 5.91. The molecule has 6 nitrogen and oxygen atoms in total. The fourth-order valence-electron chi connectivity index (χ4n) is 2.89. The molecule has 24 heavy (non-hydrogen) atoms. The van der Waals surface area contributed by atoms with Crippen molar-refractivity contribution < 1.29 is 17.6 Å². The molecule has 1 heterocycles. The molecule has 0 unspecified atom stereocenters. The molecule has 1 aliphatic carbocycles. The number of carbonyl (C=O) groups excluding carboxylic acids is 1.